The van der Waals surface area contributed by atoms with Gasteiger partial charge in [0.25, 0.3) is 0 Å². The lowest BCUT2D eigenvalue weighted by atomic mass is 9.83. The van der Waals surface area contributed by atoms with Gasteiger partial charge in [0.1, 0.15) is 11.7 Å². The van der Waals surface area contributed by atoms with Crippen molar-refractivity contribution in [3.63, 3.8) is 0 Å². The van der Waals surface area contributed by atoms with Gasteiger partial charge in [-0.05, 0) is 41.8 Å². The normalized spacial score (nSPS) is 19.4. The molecule has 1 N–H and O–H groups in total. The van der Waals surface area contributed by atoms with E-state index in [1.54, 1.807) is 12.1 Å². The fourth-order valence-electron chi connectivity index (χ4n) is 4.06. The Morgan fingerprint density at radius 2 is 1.73 bits per heavy atom. The number of benzene rings is 3. The molecule has 0 amide bonds. The number of halogens is 2. The summed E-state index contributed by atoms with van der Waals surface area (Å²) in [6, 6.07) is 23.5. The molecular weight excluding hydrogens is 417 g/mol. The standard InChI is InChI=1S/C25H25Cl2NO2/c1-25(29,24-17-28(13-14-30-24)16-18-7-3-2-4-8-18)22-10-6-5-9-20(22)21-15-19(26)11-12-23(21)27/h2-12,15,24,29H,13-14,16-17H2,1H3. The quantitative estimate of drug-likeness (QED) is 0.545. The molecule has 0 saturated carbocycles. The molecule has 1 aliphatic heterocycles. The zero-order chi connectivity index (χ0) is 21.1. The Morgan fingerprint density at radius 1 is 1.00 bits per heavy atom. The van der Waals surface area contributed by atoms with Crippen LogP contribution in [0.4, 0.5) is 0 Å². The maximum atomic E-state index is 11.7. The van der Waals surface area contributed by atoms with Gasteiger partial charge in [0, 0.05) is 35.2 Å². The Kier molecular flexibility index (Phi) is 6.47. The Balaban J connectivity index is 1.63. The molecule has 2 atom stereocenters. The zero-order valence-electron chi connectivity index (χ0n) is 16.9. The summed E-state index contributed by atoms with van der Waals surface area (Å²) in [4.78, 5) is 2.33. The van der Waals surface area contributed by atoms with Gasteiger partial charge in [-0.2, -0.15) is 0 Å². The third-order valence-electron chi connectivity index (χ3n) is 5.72. The van der Waals surface area contributed by atoms with Crippen molar-refractivity contribution in [3.8, 4) is 11.1 Å². The van der Waals surface area contributed by atoms with E-state index < -0.39 is 5.60 Å². The Morgan fingerprint density at radius 3 is 2.53 bits per heavy atom. The average Bonchev–Trinajstić information content (AvgIpc) is 2.76. The predicted octanol–water partition coefficient (Wildman–Crippen LogP) is 5.77. The summed E-state index contributed by atoms with van der Waals surface area (Å²) in [5, 5.41) is 12.9. The highest BCUT2D eigenvalue weighted by molar-refractivity contribution is 6.35. The summed E-state index contributed by atoms with van der Waals surface area (Å²) in [5.74, 6) is 0. The minimum Gasteiger partial charge on any atom is -0.383 e. The van der Waals surface area contributed by atoms with Crippen LogP contribution in [0.5, 0.6) is 0 Å². The Hall–Kier alpha value is -1.88. The van der Waals surface area contributed by atoms with Gasteiger partial charge in [-0.15, -0.1) is 0 Å². The SMILES string of the molecule is CC(O)(c1ccccc1-c1cc(Cl)ccc1Cl)C1CN(Cc2ccccc2)CCO1. The molecule has 1 aliphatic rings. The second-order valence-corrected chi connectivity index (χ2v) is 8.74. The van der Waals surface area contributed by atoms with E-state index in [2.05, 4.69) is 29.2 Å². The first-order chi connectivity index (χ1) is 14.4. The molecule has 1 fully saturated rings. The fourth-order valence-corrected chi connectivity index (χ4v) is 4.46. The van der Waals surface area contributed by atoms with E-state index in [1.165, 1.54) is 5.56 Å². The molecule has 0 radical (unpaired) electrons. The summed E-state index contributed by atoms with van der Waals surface area (Å²) in [6.07, 6.45) is -0.367. The summed E-state index contributed by atoms with van der Waals surface area (Å²) >= 11 is 12.7. The first-order valence-corrected chi connectivity index (χ1v) is 10.9. The number of hydrogen-bond donors (Lipinski definition) is 1. The van der Waals surface area contributed by atoms with Crippen molar-refractivity contribution in [2.45, 2.75) is 25.2 Å². The lowest BCUT2D eigenvalue weighted by molar-refractivity contribution is -0.141. The minimum absolute atomic E-state index is 0.367. The Bertz CT molecular complexity index is 1010. The van der Waals surface area contributed by atoms with Crippen LogP contribution in [-0.2, 0) is 16.9 Å². The monoisotopic (exact) mass is 441 g/mol. The summed E-state index contributed by atoms with van der Waals surface area (Å²) < 4.78 is 6.06. The highest BCUT2D eigenvalue weighted by Crippen LogP contribution is 2.39. The van der Waals surface area contributed by atoms with Crippen molar-refractivity contribution in [1.82, 2.24) is 4.90 Å². The summed E-state index contributed by atoms with van der Waals surface area (Å²) in [5.41, 5.74) is 2.50. The van der Waals surface area contributed by atoms with Gasteiger partial charge in [-0.1, -0.05) is 77.8 Å². The summed E-state index contributed by atoms with van der Waals surface area (Å²) in [7, 11) is 0. The lowest BCUT2D eigenvalue weighted by Gasteiger charge is -2.41. The van der Waals surface area contributed by atoms with Gasteiger partial charge in [-0.25, -0.2) is 0 Å². The van der Waals surface area contributed by atoms with Crippen LogP contribution in [0.25, 0.3) is 11.1 Å². The van der Waals surface area contributed by atoms with Crippen molar-refractivity contribution < 1.29 is 9.84 Å². The number of hydrogen-bond acceptors (Lipinski definition) is 3. The van der Waals surface area contributed by atoms with E-state index in [9.17, 15) is 5.11 Å². The lowest BCUT2D eigenvalue weighted by Crippen LogP contribution is -2.51. The van der Waals surface area contributed by atoms with Crippen LogP contribution in [-0.4, -0.2) is 35.8 Å². The smallest absolute Gasteiger partial charge is 0.115 e. The molecule has 30 heavy (non-hydrogen) atoms. The van der Waals surface area contributed by atoms with Crippen LogP contribution in [0.3, 0.4) is 0 Å². The van der Waals surface area contributed by atoms with Crippen LogP contribution in [0, 0.1) is 0 Å². The number of nitrogens with zero attached hydrogens (tertiary/aromatic N) is 1. The van der Waals surface area contributed by atoms with Crippen molar-refractivity contribution in [2.75, 3.05) is 19.7 Å². The number of aliphatic hydroxyl groups is 1. The van der Waals surface area contributed by atoms with Crippen LogP contribution >= 0.6 is 23.2 Å². The van der Waals surface area contributed by atoms with E-state index in [4.69, 9.17) is 27.9 Å². The Labute approximate surface area is 187 Å². The molecule has 0 spiro atoms. The molecule has 1 heterocycles. The second-order valence-electron chi connectivity index (χ2n) is 7.90. The maximum absolute atomic E-state index is 11.7. The molecule has 3 nitrogen and oxygen atoms in total. The maximum Gasteiger partial charge on any atom is 0.115 e. The van der Waals surface area contributed by atoms with E-state index in [0.717, 1.165) is 29.8 Å². The van der Waals surface area contributed by atoms with E-state index >= 15 is 0 Å². The molecule has 4 rings (SSSR count). The van der Waals surface area contributed by atoms with Gasteiger partial charge in [0.15, 0.2) is 0 Å². The van der Waals surface area contributed by atoms with Crippen molar-refractivity contribution >= 4 is 23.2 Å². The van der Waals surface area contributed by atoms with E-state index in [1.807, 2.05) is 43.3 Å². The molecule has 5 heteroatoms. The van der Waals surface area contributed by atoms with Crippen LogP contribution < -0.4 is 0 Å². The van der Waals surface area contributed by atoms with Crippen molar-refractivity contribution in [1.29, 1.82) is 0 Å². The largest absolute Gasteiger partial charge is 0.383 e. The first kappa shape index (κ1) is 21.4. The van der Waals surface area contributed by atoms with Crippen molar-refractivity contribution in [3.05, 3.63) is 94.0 Å². The van der Waals surface area contributed by atoms with Gasteiger partial charge >= 0.3 is 0 Å². The van der Waals surface area contributed by atoms with Gasteiger partial charge in [0.2, 0.25) is 0 Å². The predicted molar refractivity (Wildman–Crippen MR) is 123 cm³/mol. The molecule has 156 valence electrons. The van der Waals surface area contributed by atoms with Gasteiger partial charge < -0.3 is 9.84 Å². The van der Waals surface area contributed by atoms with E-state index in [-0.39, 0.29) is 6.10 Å². The van der Waals surface area contributed by atoms with E-state index in [0.29, 0.717) is 23.2 Å². The second kappa shape index (κ2) is 9.09. The molecule has 0 aliphatic carbocycles. The summed E-state index contributed by atoms with van der Waals surface area (Å²) in [6.45, 7) is 4.70. The third-order valence-corrected chi connectivity index (χ3v) is 6.28. The first-order valence-electron chi connectivity index (χ1n) is 10.1. The molecule has 0 aromatic heterocycles. The van der Waals surface area contributed by atoms with Crippen LogP contribution in [0.15, 0.2) is 72.8 Å². The van der Waals surface area contributed by atoms with Gasteiger partial charge in [-0.3, -0.25) is 4.90 Å². The average molecular weight is 442 g/mol. The fraction of sp³-hybridized carbons (Fsp3) is 0.280. The van der Waals surface area contributed by atoms with Crippen LogP contribution in [0.1, 0.15) is 18.1 Å². The molecule has 2 unspecified atom stereocenters. The zero-order valence-corrected chi connectivity index (χ0v) is 18.4. The number of ether oxygens (including phenoxy) is 1. The minimum atomic E-state index is -1.20. The highest BCUT2D eigenvalue weighted by Gasteiger charge is 2.39. The number of rotatable bonds is 5. The molecular formula is C25H25Cl2NO2. The number of morpholine rings is 1. The molecule has 3 aromatic carbocycles. The highest BCUT2D eigenvalue weighted by atomic mass is 35.5. The van der Waals surface area contributed by atoms with Crippen molar-refractivity contribution in [2.24, 2.45) is 0 Å². The van der Waals surface area contributed by atoms with Crippen LogP contribution in [0.2, 0.25) is 10.0 Å². The molecule has 3 aromatic rings. The third kappa shape index (κ3) is 4.56. The molecule has 0 bridgehead atoms. The topological polar surface area (TPSA) is 32.7 Å². The molecule has 1 saturated heterocycles. The van der Waals surface area contributed by atoms with Gasteiger partial charge in [0.05, 0.1) is 6.61 Å².